The van der Waals surface area contributed by atoms with Gasteiger partial charge < -0.3 is 10.2 Å². The zero-order chi connectivity index (χ0) is 19.0. The quantitative estimate of drug-likeness (QED) is 0.582. The fraction of sp³-hybridized carbons (Fsp3) is 0.619. The molecule has 2 unspecified atom stereocenters. The summed E-state index contributed by atoms with van der Waals surface area (Å²) in [5.74, 6) is -2.52. The van der Waals surface area contributed by atoms with E-state index < -0.39 is 17.9 Å². The molecule has 0 aromatic heterocycles. The molecule has 140 valence electrons. The summed E-state index contributed by atoms with van der Waals surface area (Å²) >= 11 is 0. The van der Waals surface area contributed by atoms with E-state index in [0.29, 0.717) is 11.3 Å². The van der Waals surface area contributed by atoms with Crippen molar-refractivity contribution in [1.82, 2.24) is 0 Å². The van der Waals surface area contributed by atoms with E-state index in [2.05, 4.69) is 39.8 Å². The van der Waals surface area contributed by atoms with Crippen molar-refractivity contribution in [3.05, 3.63) is 35.4 Å². The Balaban J connectivity index is 2.86. The van der Waals surface area contributed by atoms with Crippen LogP contribution in [0.15, 0.2) is 24.3 Å². The molecule has 25 heavy (non-hydrogen) atoms. The summed E-state index contributed by atoms with van der Waals surface area (Å²) < 4.78 is 0. The van der Waals surface area contributed by atoms with E-state index in [-0.39, 0.29) is 12.8 Å². The molecule has 0 aliphatic rings. The second-order valence-electron chi connectivity index (χ2n) is 7.41. The maximum absolute atomic E-state index is 11.2. The molecular weight excluding hydrogens is 316 g/mol. The van der Waals surface area contributed by atoms with Crippen molar-refractivity contribution in [3.8, 4) is 0 Å². The van der Waals surface area contributed by atoms with Gasteiger partial charge in [-0.25, -0.2) is 0 Å². The Bertz CT molecular complexity index is 558. The van der Waals surface area contributed by atoms with Crippen molar-refractivity contribution >= 4 is 11.9 Å². The molecule has 0 aliphatic heterocycles. The van der Waals surface area contributed by atoms with Gasteiger partial charge in [0.2, 0.25) is 0 Å². The van der Waals surface area contributed by atoms with Crippen LogP contribution in [0.4, 0.5) is 0 Å². The molecular formula is C21H32O4. The number of rotatable bonds is 11. The lowest BCUT2D eigenvalue weighted by atomic mass is 9.74. The molecule has 4 heteroatoms. The topological polar surface area (TPSA) is 74.6 Å². The van der Waals surface area contributed by atoms with Crippen molar-refractivity contribution in [3.63, 3.8) is 0 Å². The van der Waals surface area contributed by atoms with Gasteiger partial charge in [-0.2, -0.15) is 0 Å². The van der Waals surface area contributed by atoms with Crippen LogP contribution < -0.4 is 0 Å². The average Bonchev–Trinajstić information content (AvgIpc) is 2.59. The van der Waals surface area contributed by atoms with Crippen LogP contribution in [0.25, 0.3) is 0 Å². The van der Waals surface area contributed by atoms with Crippen molar-refractivity contribution in [2.75, 3.05) is 0 Å². The van der Waals surface area contributed by atoms with Crippen LogP contribution in [0.3, 0.4) is 0 Å². The van der Waals surface area contributed by atoms with Crippen LogP contribution in [-0.4, -0.2) is 22.2 Å². The first-order valence-corrected chi connectivity index (χ1v) is 9.28. The normalized spacial score (nSPS) is 14.1. The molecule has 0 radical (unpaired) electrons. The zero-order valence-corrected chi connectivity index (χ0v) is 15.9. The van der Waals surface area contributed by atoms with E-state index >= 15 is 0 Å². The van der Waals surface area contributed by atoms with Crippen molar-refractivity contribution in [2.24, 2.45) is 11.3 Å². The third kappa shape index (κ3) is 6.52. The third-order valence-electron chi connectivity index (χ3n) is 5.64. The highest BCUT2D eigenvalue weighted by molar-refractivity contribution is 5.78. The minimum Gasteiger partial charge on any atom is -0.481 e. The number of hydrogen-bond acceptors (Lipinski definition) is 2. The first-order chi connectivity index (χ1) is 11.7. The molecule has 0 amide bonds. The predicted octanol–water partition coefficient (Wildman–Crippen LogP) is 5.11. The van der Waals surface area contributed by atoms with Crippen LogP contribution in [0.1, 0.15) is 76.8 Å². The highest BCUT2D eigenvalue weighted by Crippen LogP contribution is 2.38. The molecule has 0 saturated carbocycles. The average molecular weight is 348 g/mol. The summed E-state index contributed by atoms with van der Waals surface area (Å²) in [5.41, 5.74) is 2.50. The smallest absolute Gasteiger partial charge is 0.307 e. The van der Waals surface area contributed by atoms with E-state index in [0.717, 1.165) is 31.2 Å². The number of benzene rings is 1. The third-order valence-corrected chi connectivity index (χ3v) is 5.64. The maximum atomic E-state index is 11.2. The molecule has 0 spiro atoms. The largest absolute Gasteiger partial charge is 0.481 e. The van der Waals surface area contributed by atoms with E-state index in [9.17, 15) is 14.7 Å². The fourth-order valence-corrected chi connectivity index (χ4v) is 3.30. The van der Waals surface area contributed by atoms with Gasteiger partial charge >= 0.3 is 11.9 Å². The van der Waals surface area contributed by atoms with Gasteiger partial charge in [0.15, 0.2) is 0 Å². The lowest BCUT2D eigenvalue weighted by Gasteiger charge is -2.31. The van der Waals surface area contributed by atoms with Gasteiger partial charge in [0.1, 0.15) is 0 Å². The lowest BCUT2D eigenvalue weighted by Crippen LogP contribution is -2.20. The maximum Gasteiger partial charge on any atom is 0.307 e. The number of carboxylic acid groups (broad SMARTS) is 2. The van der Waals surface area contributed by atoms with Gasteiger partial charge in [-0.15, -0.1) is 0 Å². The Kier molecular flexibility index (Phi) is 8.14. The lowest BCUT2D eigenvalue weighted by molar-refractivity contribution is -0.148. The minimum absolute atomic E-state index is 0.250. The molecule has 2 N–H and O–H groups in total. The highest BCUT2D eigenvalue weighted by Gasteiger charge is 2.25. The first-order valence-electron chi connectivity index (χ1n) is 9.28. The molecule has 2 atom stereocenters. The second kappa shape index (κ2) is 9.59. The second-order valence-corrected chi connectivity index (χ2v) is 7.41. The molecule has 4 nitrogen and oxygen atoms in total. The number of carbonyl (C=O) groups is 2. The van der Waals surface area contributed by atoms with Gasteiger partial charge in [0.05, 0.1) is 12.3 Å². The van der Waals surface area contributed by atoms with Crippen LogP contribution in [-0.2, 0) is 16.0 Å². The highest BCUT2D eigenvalue weighted by atomic mass is 16.4. The number of hydrogen-bond donors (Lipinski definition) is 2. The molecule has 0 bridgehead atoms. The van der Waals surface area contributed by atoms with Crippen molar-refractivity contribution in [2.45, 2.75) is 72.1 Å². The Labute approximate surface area is 151 Å². The van der Waals surface area contributed by atoms with Crippen molar-refractivity contribution in [1.29, 1.82) is 0 Å². The fourth-order valence-electron chi connectivity index (χ4n) is 3.30. The standard InChI is InChI=1S/C21H32O4/c1-5-16(14-21(4,6-2)7-3)17-10-8-15(9-11-17)12-18(20(24)25)13-19(22)23/h8-11,16,18H,5-7,12-14H2,1-4H3,(H,22,23)(H,24,25). The molecule has 1 aromatic carbocycles. The van der Waals surface area contributed by atoms with E-state index in [1.807, 2.05) is 12.1 Å². The van der Waals surface area contributed by atoms with Gasteiger partial charge in [-0.05, 0) is 41.7 Å². The summed E-state index contributed by atoms with van der Waals surface area (Å²) in [6.07, 6.45) is 4.44. The molecule has 0 heterocycles. The Morgan fingerprint density at radius 3 is 2.00 bits per heavy atom. The Morgan fingerprint density at radius 2 is 1.60 bits per heavy atom. The summed E-state index contributed by atoms with van der Waals surface area (Å²) in [6, 6.07) is 8.06. The SMILES string of the molecule is CCC(CC(C)(CC)CC)c1ccc(CC(CC(=O)O)C(=O)O)cc1. The van der Waals surface area contributed by atoms with Crippen LogP contribution in [0.2, 0.25) is 0 Å². The van der Waals surface area contributed by atoms with Crippen LogP contribution in [0.5, 0.6) is 0 Å². The minimum atomic E-state index is -1.08. The van der Waals surface area contributed by atoms with Gasteiger partial charge in [-0.1, -0.05) is 64.8 Å². The van der Waals surface area contributed by atoms with Crippen LogP contribution in [0, 0.1) is 11.3 Å². The number of carboxylic acids is 2. The van der Waals surface area contributed by atoms with Gasteiger partial charge in [-0.3, -0.25) is 9.59 Å². The number of aliphatic carboxylic acids is 2. The van der Waals surface area contributed by atoms with Crippen molar-refractivity contribution < 1.29 is 19.8 Å². The van der Waals surface area contributed by atoms with E-state index in [1.54, 1.807) is 0 Å². The molecule has 1 aromatic rings. The molecule has 0 saturated heterocycles. The van der Waals surface area contributed by atoms with E-state index in [1.165, 1.54) is 5.56 Å². The van der Waals surface area contributed by atoms with E-state index in [4.69, 9.17) is 5.11 Å². The van der Waals surface area contributed by atoms with Gasteiger partial charge in [0, 0.05) is 0 Å². The molecule has 0 fully saturated rings. The molecule has 0 aliphatic carbocycles. The Hall–Kier alpha value is -1.84. The Morgan fingerprint density at radius 1 is 1.04 bits per heavy atom. The zero-order valence-electron chi connectivity index (χ0n) is 15.9. The first kappa shape index (κ1) is 21.2. The summed E-state index contributed by atoms with van der Waals surface area (Å²) in [4.78, 5) is 22.0. The monoisotopic (exact) mass is 348 g/mol. The summed E-state index contributed by atoms with van der Waals surface area (Å²) in [6.45, 7) is 9.03. The van der Waals surface area contributed by atoms with Gasteiger partial charge in [0.25, 0.3) is 0 Å². The summed E-state index contributed by atoms with van der Waals surface area (Å²) in [7, 11) is 0. The molecule has 1 rings (SSSR count). The summed E-state index contributed by atoms with van der Waals surface area (Å²) in [5, 5.41) is 18.0. The van der Waals surface area contributed by atoms with Crippen LogP contribution >= 0.6 is 0 Å². The predicted molar refractivity (Wildman–Crippen MR) is 99.9 cm³/mol.